The molecule has 1 heterocycles. The molecular weight excluding hydrogens is 417 g/mol. The number of nitrogens with zero attached hydrogens (tertiary/aromatic N) is 2. The standard InChI is InChI=1S/C20H23F3N4O4/c21-20(22,23)31-16-4-2-1-3-15(16)19(13-24)7-5-14(6-8-19)25-9-10-26-17(28)27-11-12-30-18(27)29/h1-4,14,25H,5-12H2,(H,26,28). The van der Waals surface area contributed by atoms with Gasteiger partial charge in [-0.2, -0.15) is 5.26 Å². The number of alkyl halides is 3. The van der Waals surface area contributed by atoms with Crippen molar-refractivity contribution >= 4 is 12.1 Å². The molecule has 2 fully saturated rings. The van der Waals surface area contributed by atoms with E-state index in [1.165, 1.54) is 18.2 Å². The van der Waals surface area contributed by atoms with E-state index in [0.717, 1.165) is 4.90 Å². The Morgan fingerprint density at radius 1 is 1.29 bits per heavy atom. The number of nitriles is 1. The van der Waals surface area contributed by atoms with Crippen LogP contribution in [0.25, 0.3) is 0 Å². The van der Waals surface area contributed by atoms with E-state index in [9.17, 15) is 28.0 Å². The van der Waals surface area contributed by atoms with Gasteiger partial charge in [0.15, 0.2) is 0 Å². The van der Waals surface area contributed by atoms with Crippen LogP contribution in [0.5, 0.6) is 5.75 Å². The predicted molar refractivity (Wildman–Crippen MR) is 102 cm³/mol. The van der Waals surface area contributed by atoms with Gasteiger partial charge in [0, 0.05) is 24.7 Å². The fourth-order valence-corrected chi connectivity index (χ4v) is 3.95. The lowest BCUT2D eigenvalue weighted by molar-refractivity contribution is -0.275. The van der Waals surface area contributed by atoms with Crippen molar-refractivity contribution in [2.75, 3.05) is 26.2 Å². The average Bonchev–Trinajstić information content (AvgIpc) is 3.17. The summed E-state index contributed by atoms with van der Waals surface area (Å²) in [4.78, 5) is 24.2. The molecule has 1 saturated carbocycles. The lowest BCUT2D eigenvalue weighted by atomic mass is 9.69. The normalized spacial score (nSPS) is 23.7. The van der Waals surface area contributed by atoms with E-state index < -0.39 is 23.9 Å². The average molecular weight is 440 g/mol. The van der Waals surface area contributed by atoms with Crippen LogP contribution in [-0.2, 0) is 10.2 Å². The summed E-state index contributed by atoms with van der Waals surface area (Å²) in [6.45, 7) is 1.15. The van der Waals surface area contributed by atoms with Gasteiger partial charge in [-0.3, -0.25) is 0 Å². The fraction of sp³-hybridized carbons (Fsp3) is 0.550. The van der Waals surface area contributed by atoms with E-state index >= 15 is 0 Å². The van der Waals surface area contributed by atoms with Crippen LogP contribution in [0, 0.1) is 11.3 Å². The van der Waals surface area contributed by atoms with Gasteiger partial charge in [-0.1, -0.05) is 18.2 Å². The van der Waals surface area contributed by atoms with Crippen molar-refractivity contribution in [1.29, 1.82) is 5.26 Å². The first-order valence-corrected chi connectivity index (χ1v) is 9.96. The van der Waals surface area contributed by atoms with E-state index in [1.807, 2.05) is 0 Å². The SMILES string of the molecule is N#CC1(c2ccccc2OC(F)(F)F)CCC(NCCNC(=O)N2CCOC2=O)CC1. The molecule has 8 nitrogen and oxygen atoms in total. The van der Waals surface area contributed by atoms with Gasteiger partial charge in [0.05, 0.1) is 18.0 Å². The van der Waals surface area contributed by atoms with E-state index in [4.69, 9.17) is 4.74 Å². The van der Waals surface area contributed by atoms with E-state index in [0.29, 0.717) is 38.8 Å². The second-order valence-corrected chi connectivity index (χ2v) is 7.46. The number of hydrogen-bond acceptors (Lipinski definition) is 6. The summed E-state index contributed by atoms with van der Waals surface area (Å²) in [5.41, 5.74) is -0.803. The number of carbonyl (C=O) groups is 2. The number of urea groups is 1. The van der Waals surface area contributed by atoms with Crippen molar-refractivity contribution in [3.8, 4) is 11.8 Å². The molecule has 0 spiro atoms. The third kappa shape index (κ3) is 5.58. The van der Waals surface area contributed by atoms with Crippen LogP contribution < -0.4 is 15.4 Å². The van der Waals surface area contributed by atoms with Crippen LogP contribution in [-0.4, -0.2) is 55.7 Å². The molecule has 0 atom stereocenters. The van der Waals surface area contributed by atoms with E-state index in [1.54, 1.807) is 6.07 Å². The van der Waals surface area contributed by atoms with Crippen LogP contribution in [0.4, 0.5) is 22.8 Å². The van der Waals surface area contributed by atoms with Crippen LogP contribution in [0.2, 0.25) is 0 Å². The van der Waals surface area contributed by atoms with Crippen molar-refractivity contribution in [3.63, 3.8) is 0 Å². The second kappa shape index (κ2) is 9.43. The lowest BCUT2D eigenvalue weighted by Crippen LogP contribution is -2.45. The molecule has 31 heavy (non-hydrogen) atoms. The third-order valence-corrected chi connectivity index (χ3v) is 5.52. The molecular formula is C20H23F3N4O4. The molecule has 11 heteroatoms. The monoisotopic (exact) mass is 440 g/mol. The molecule has 3 rings (SSSR count). The molecule has 0 bridgehead atoms. The minimum absolute atomic E-state index is 0.0609. The number of nitrogens with one attached hydrogen (secondary N) is 2. The Morgan fingerprint density at radius 2 is 2.00 bits per heavy atom. The first-order valence-electron chi connectivity index (χ1n) is 9.96. The molecule has 168 valence electrons. The molecule has 1 aromatic rings. The van der Waals surface area contributed by atoms with Gasteiger partial charge >= 0.3 is 18.5 Å². The number of carbonyl (C=O) groups excluding carboxylic acids is 2. The number of hydrogen-bond donors (Lipinski definition) is 2. The zero-order chi connectivity index (χ0) is 22.5. The highest BCUT2D eigenvalue weighted by molar-refractivity contribution is 5.91. The summed E-state index contributed by atoms with van der Waals surface area (Å²) in [5.74, 6) is -0.342. The molecule has 3 amide bonds. The van der Waals surface area contributed by atoms with Crippen molar-refractivity contribution in [3.05, 3.63) is 29.8 Å². The van der Waals surface area contributed by atoms with Gasteiger partial charge in [0.2, 0.25) is 0 Å². The summed E-state index contributed by atoms with van der Waals surface area (Å²) < 4.78 is 47.1. The number of rotatable bonds is 6. The maximum Gasteiger partial charge on any atom is 0.573 e. The number of amides is 3. The van der Waals surface area contributed by atoms with Crippen molar-refractivity contribution in [2.24, 2.45) is 0 Å². The summed E-state index contributed by atoms with van der Waals surface area (Å²) in [6.07, 6.45) is -3.57. The highest BCUT2D eigenvalue weighted by atomic mass is 19.4. The Labute approximate surface area is 177 Å². The molecule has 1 aromatic carbocycles. The van der Waals surface area contributed by atoms with E-state index in [-0.39, 0.29) is 30.5 Å². The molecule has 0 aromatic heterocycles. The molecule has 1 aliphatic heterocycles. The molecule has 1 saturated heterocycles. The van der Waals surface area contributed by atoms with Crippen LogP contribution in [0.3, 0.4) is 0 Å². The minimum Gasteiger partial charge on any atom is -0.447 e. The van der Waals surface area contributed by atoms with Gasteiger partial charge in [-0.25, -0.2) is 14.5 Å². The van der Waals surface area contributed by atoms with Gasteiger partial charge in [-0.15, -0.1) is 13.2 Å². The van der Waals surface area contributed by atoms with Crippen LogP contribution in [0.15, 0.2) is 24.3 Å². The fourth-order valence-electron chi connectivity index (χ4n) is 3.95. The zero-order valence-corrected chi connectivity index (χ0v) is 16.7. The highest BCUT2D eigenvalue weighted by Crippen LogP contribution is 2.43. The van der Waals surface area contributed by atoms with Crippen LogP contribution in [0.1, 0.15) is 31.2 Å². The van der Waals surface area contributed by atoms with Gasteiger partial charge in [0.25, 0.3) is 0 Å². The summed E-state index contributed by atoms with van der Waals surface area (Å²) in [6, 6.07) is 7.54. The highest BCUT2D eigenvalue weighted by Gasteiger charge is 2.41. The number of ether oxygens (including phenoxy) is 2. The maximum atomic E-state index is 12.8. The topological polar surface area (TPSA) is 104 Å². The van der Waals surface area contributed by atoms with Gasteiger partial charge < -0.3 is 20.1 Å². The first kappa shape index (κ1) is 22.7. The third-order valence-electron chi connectivity index (χ3n) is 5.52. The Hall–Kier alpha value is -3.00. The lowest BCUT2D eigenvalue weighted by Gasteiger charge is -2.36. The maximum absolute atomic E-state index is 12.8. The number of imide groups is 1. The molecule has 1 aliphatic carbocycles. The van der Waals surface area contributed by atoms with Crippen molar-refractivity contribution in [2.45, 2.75) is 43.5 Å². The second-order valence-electron chi connectivity index (χ2n) is 7.46. The predicted octanol–water partition coefficient (Wildman–Crippen LogP) is 3.04. The summed E-state index contributed by atoms with van der Waals surface area (Å²) in [5, 5.41) is 15.7. The molecule has 2 aliphatic rings. The minimum atomic E-state index is -4.83. The Balaban J connectivity index is 1.51. The van der Waals surface area contributed by atoms with Crippen LogP contribution >= 0.6 is 0 Å². The first-order chi connectivity index (χ1) is 14.7. The molecule has 0 radical (unpaired) electrons. The smallest absolute Gasteiger partial charge is 0.447 e. The summed E-state index contributed by atoms with van der Waals surface area (Å²) in [7, 11) is 0. The molecule has 0 unspecified atom stereocenters. The number of benzene rings is 1. The molecule has 2 N–H and O–H groups in total. The number of halogens is 3. The Kier molecular flexibility index (Phi) is 6.90. The quantitative estimate of drug-likeness (QED) is 0.659. The Morgan fingerprint density at radius 3 is 2.61 bits per heavy atom. The van der Waals surface area contributed by atoms with Crippen molar-refractivity contribution < 1.29 is 32.2 Å². The zero-order valence-electron chi connectivity index (χ0n) is 16.7. The number of para-hydroxylation sites is 1. The van der Waals surface area contributed by atoms with Gasteiger partial charge in [-0.05, 0) is 31.7 Å². The van der Waals surface area contributed by atoms with Gasteiger partial charge in [0.1, 0.15) is 12.4 Å². The van der Waals surface area contributed by atoms with E-state index in [2.05, 4.69) is 21.4 Å². The Bertz CT molecular complexity index is 848. The number of cyclic esters (lactones) is 1. The summed E-state index contributed by atoms with van der Waals surface area (Å²) >= 11 is 0. The van der Waals surface area contributed by atoms with Crippen molar-refractivity contribution in [1.82, 2.24) is 15.5 Å². The largest absolute Gasteiger partial charge is 0.573 e.